The minimum Gasteiger partial charge on any atom is -0.399 e. The third kappa shape index (κ3) is 1.86. The van der Waals surface area contributed by atoms with Gasteiger partial charge >= 0.3 is 0 Å². The van der Waals surface area contributed by atoms with Crippen LogP contribution in [-0.4, -0.2) is 11.7 Å². The van der Waals surface area contributed by atoms with Crippen LogP contribution in [-0.2, 0) is 0 Å². The fraction of sp³-hybridized carbons (Fsp3) is 0.200. The van der Waals surface area contributed by atoms with Crippen molar-refractivity contribution >= 4 is 23.1 Å². The van der Waals surface area contributed by atoms with Gasteiger partial charge in [0.1, 0.15) is 0 Å². The number of Topliss-reactive ketones (excluding diaryl/α,β-unsaturated/α-hetero) is 1. The predicted molar refractivity (Wildman–Crippen MR) is 55.4 cm³/mol. The molecule has 0 amide bonds. The van der Waals surface area contributed by atoms with Gasteiger partial charge in [-0.2, -0.15) is 5.26 Å². The molecule has 72 valence electrons. The van der Waals surface area contributed by atoms with E-state index in [1.54, 1.807) is 13.0 Å². The molecule has 0 saturated heterocycles. The van der Waals surface area contributed by atoms with E-state index in [0.717, 1.165) is 0 Å². The van der Waals surface area contributed by atoms with Crippen molar-refractivity contribution in [3.05, 3.63) is 28.8 Å². The molecule has 1 aromatic carbocycles. The highest BCUT2D eigenvalue weighted by Gasteiger charge is 2.13. The third-order valence-electron chi connectivity index (χ3n) is 1.88. The lowest BCUT2D eigenvalue weighted by atomic mass is 9.99. The van der Waals surface area contributed by atoms with Crippen molar-refractivity contribution in [2.24, 2.45) is 0 Å². The van der Waals surface area contributed by atoms with E-state index in [-0.39, 0.29) is 17.2 Å². The molecule has 4 heteroatoms. The van der Waals surface area contributed by atoms with Crippen LogP contribution in [0.1, 0.15) is 21.5 Å². The van der Waals surface area contributed by atoms with Crippen LogP contribution in [0.2, 0.25) is 0 Å². The molecule has 1 aromatic rings. The molecule has 0 aromatic heterocycles. The Kier molecular flexibility index (Phi) is 3.10. The van der Waals surface area contributed by atoms with Gasteiger partial charge in [-0.25, -0.2) is 0 Å². The van der Waals surface area contributed by atoms with Gasteiger partial charge in [-0.15, -0.1) is 11.6 Å². The summed E-state index contributed by atoms with van der Waals surface area (Å²) in [6.07, 6.45) is 0. The van der Waals surface area contributed by atoms with Crippen LogP contribution in [0.25, 0.3) is 0 Å². The number of hydrogen-bond donors (Lipinski definition) is 1. The zero-order valence-electron chi connectivity index (χ0n) is 7.67. The van der Waals surface area contributed by atoms with Gasteiger partial charge < -0.3 is 5.73 Å². The Morgan fingerprint density at radius 2 is 2.29 bits per heavy atom. The van der Waals surface area contributed by atoms with Gasteiger partial charge in [-0.1, -0.05) is 0 Å². The lowest BCUT2D eigenvalue weighted by Gasteiger charge is -2.06. The highest BCUT2D eigenvalue weighted by molar-refractivity contribution is 6.31. The first kappa shape index (κ1) is 10.6. The quantitative estimate of drug-likeness (QED) is 0.458. The Morgan fingerprint density at radius 1 is 1.64 bits per heavy atom. The van der Waals surface area contributed by atoms with E-state index in [1.807, 2.05) is 6.07 Å². The number of nitrogen functional groups attached to an aromatic ring is 1. The number of nitriles is 1. The first-order valence-electron chi connectivity index (χ1n) is 3.99. The van der Waals surface area contributed by atoms with Gasteiger partial charge in [0.25, 0.3) is 0 Å². The maximum atomic E-state index is 11.4. The van der Waals surface area contributed by atoms with E-state index in [0.29, 0.717) is 16.8 Å². The zero-order chi connectivity index (χ0) is 10.7. The summed E-state index contributed by atoms with van der Waals surface area (Å²) in [5.41, 5.74) is 7.37. The van der Waals surface area contributed by atoms with Gasteiger partial charge in [0, 0.05) is 11.3 Å². The molecule has 3 nitrogen and oxygen atoms in total. The number of nitrogens with two attached hydrogens (primary N) is 1. The van der Waals surface area contributed by atoms with Crippen LogP contribution >= 0.6 is 11.6 Å². The molecule has 0 fully saturated rings. The van der Waals surface area contributed by atoms with Crippen LogP contribution in [0.5, 0.6) is 0 Å². The van der Waals surface area contributed by atoms with Crippen molar-refractivity contribution in [2.75, 3.05) is 11.6 Å². The summed E-state index contributed by atoms with van der Waals surface area (Å²) < 4.78 is 0. The Morgan fingerprint density at radius 3 is 2.79 bits per heavy atom. The predicted octanol–water partition coefficient (Wildman–Crippen LogP) is 1.87. The molecule has 0 radical (unpaired) electrons. The Bertz CT molecular complexity index is 421. The first-order chi connectivity index (χ1) is 6.60. The maximum Gasteiger partial charge on any atom is 0.179 e. The number of halogens is 1. The normalized spacial score (nSPS) is 9.50. The summed E-state index contributed by atoms with van der Waals surface area (Å²) in [5, 5.41) is 8.81. The minimum atomic E-state index is -0.249. The summed E-state index contributed by atoms with van der Waals surface area (Å²) in [4.78, 5) is 11.4. The lowest BCUT2D eigenvalue weighted by molar-refractivity contribution is 0.102. The topological polar surface area (TPSA) is 66.9 Å². The van der Waals surface area contributed by atoms with Gasteiger partial charge in [0.05, 0.1) is 17.5 Å². The SMILES string of the molecule is Cc1cc(N)cc(C#N)c1C(=O)CCl. The number of hydrogen-bond acceptors (Lipinski definition) is 3. The van der Waals surface area contributed by atoms with Crippen molar-refractivity contribution < 1.29 is 4.79 Å². The Labute approximate surface area is 87.1 Å². The number of ketones is 1. The van der Waals surface area contributed by atoms with Crippen LogP contribution in [0.3, 0.4) is 0 Å². The Balaban J connectivity index is 3.42. The van der Waals surface area contributed by atoms with Crippen molar-refractivity contribution in [3.8, 4) is 6.07 Å². The standard InChI is InChI=1S/C10H9ClN2O/c1-6-2-8(13)3-7(5-12)10(6)9(14)4-11/h2-3H,4,13H2,1H3. The van der Waals surface area contributed by atoms with Crippen molar-refractivity contribution in [1.29, 1.82) is 5.26 Å². The summed E-state index contributed by atoms with van der Waals surface area (Å²) in [6.45, 7) is 1.73. The molecule has 0 aliphatic heterocycles. The van der Waals surface area contributed by atoms with Crippen LogP contribution in [0.15, 0.2) is 12.1 Å². The smallest absolute Gasteiger partial charge is 0.179 e. The Hall–Kier alpha value is -1.53. The fourth-order valence-electron chi connectivity index (χ4n) is 1.34. The second-order valence-corrected chi connectivity index (χ2v) is 3.20. The number of rotatable bonds is 2. The molecular weight excluding hydrogens is 200 g/mol. The molecule has 0 saturated carbocycles. The monoisotopic (exact) mass is 208 g/mol. The maximum absolute atomic E-state index is 11.4. The molecule has 0 spiro atoms. The molecule has 0 bridgehead atoms. The highest BCUT2D eigenvalue weighted by atomic mass is 35.5. The van der Waals surface area contributed by atoms with Crippen molar-refractivity contribution in [3.63, 3.8) is 0 Å². The van der Waals surface area contributed by atoms with E-state index in [4.69, 9.17) is 22.6 Å². The van der Waals surface area contributed by atoms with E-state index < -0.39 is 0 Å². The summed E-state index contributed by atoms with van der Waals surface area (Å²) in [6, 6.07) is 5.07. The number of carbonyl (C=O) groups is 1. The van der Waals surface area contributed by atoms with E-state index in [2.05, 4.69) is 0 Å². The average molecular weight is 209 g/mol. The molecule has 0 aliphatic rings. The zero-order valence-corrected chi connectivity index (χ0v) is 8.43. The fourth-order valence-corrected chi connectivity index (χ4v) is 1.47. The minimum absolute atomic E-state index is 0.126. The third-order valence-corrected chi connectivity index (χ3v) is 2.12. The molecule has 14 heavy (non-hydrogen) atoms. The van der Waals surface area contributed by atoms with Crippen molar-refractivity contribution in [2.45, 2.75) is 6.92 Å². The first-order valence-corrected chi connectivity index (χ1v) is 4.53. The van der Waals surface area contributed by atoms with Crippen LogP contribution in [0, 0.1) is 18.3 Å². The average Bonchev–Trinajstić information content (AvgIpc) is 2.15. The number of carbonyl (C=O) groups excluding carboxylic acids is 1. The van der Waals surface area contributed by atoms with Crippen LogP contribution < -0.4 is 5.73 Å². The van der Waals surface area contributed by atoms with Gasteiger partial charge in [0.15, 0.2) is 5.78 Å². The molecule has 0 unspecified atom stereocenters. The highest BCUT2D eigenvalue weighted by Crippen LogP contribution is 2.19. The number of alkyl halides is 1. The second-order valence-electron chi connectivity index (χ2n) is 2.93. The second kappa shape index (κ2) is 4.12. The molecular formula is C10H9ClN2O. The molecule has 2 N–H and O–H groups in total. The summed E-state index contributed by atoms with van der Waals surface area (Å²) in [5.74, 6) is -0.375. The van der Waals surface area contributed by atoms with Gasteiger partial charge in [-0.3, -0.25) is 4.79 Å². The number of benzene rings is 1. The summed E-state index contributed by atoms with van der Waals surface area (Å²) in [7, 11) is 0. The van der Waals surface area contributed by atoms with E-state index >= 15 is 0 Å². The largest absolute Gasteiger partial charge is 0.399 e. The molecule has 0 atom stereocenters. The van der Waals surface area contributed by atoms with Gasteiger partial charge in [0.2, 0.25) is 0 Å². The molecule has 0 heterocycles. The van der Waals surface area contributed by atoms with Gasteiger partial charge in [-0.05, 0) is 24.6 Å². The van der Waals surface area contributed by atoms with E-state index in [9.17, 15) is 4.79 Å². The molecule has 0 aliphatic carbocycles. The number of aryl methyl sites for hydroxylation is 1. The lowest BCUT2D eigenvalue weighted by Crippen LogP contribution is -2.07. The number of nitrogens with zero attached hydrogens (tertiary/aromatic N) is 1. The van der Waals surface area contributed by atoms with Crippen molar-refractivity contribution in [1.82, 2.24) is 0 Å². The van der Waals surface area contributed by atoms with Crippen LogP contribution in [0.4, 0.5) is 5.69 Å². The number of anilines is 1. The molecule has 1 rings (SSSR count). The van der Waals surface area contributed by atoms with E-state index in [1.165, 1.54) is 6.07 Å². The summed E-state index contributed by atoms with van der Waals surface area (Å²) >= 11 is 5.44.